The average molecular weight is 958 g/mol. The first-order valence-electron chi connectivity index (χ1n) is 22.3. The van der Waals surface area contributed by atoms with Crippen molar-refractivity contribution in [3.05, 3.63) is 57.6 Å². The SMILES string of the molecule is CCc1cc(N2CCN(C(=O)CCC3(CC(=O)O)NC(=O)NC3=O)C[C@@H]2C)ccc1Cl.CCc1cc(N2CCN(C(=O)CCC3(CC(=O)OC(C)(C)C)NC(=O)NC3=O)C[C@@H]2C)ccc1Cl. The number of esters is 1. The van der Waals surface area contributed by atoms with Crippen molar-refractivity contribution in [2.45, 2.75) is 129 Å². The third kappa shape index (κ3) is 12.6. The van der Waals surface area contributed by atoms with Crippen molar-refractivity contribution in [1.82, 2.24) is 31.1 Å². The van der Waals surface area contributed by atoms with Gasteiger partial charge in [-0.3, -0.25) is 39.4 Å². The molecule has 20 heteroatoms. The highest BCUT2D eigenvalue weighted by Gasteiger charge is 2.50. The highest BCUT2D eigenvalue weighted by Crippen LogP contribution is 2.30. The van der Waals surface area contributed by atoms with E-state index in [9.17, 15) is 38.4 Å². The quantitative estimate of drug-likeness (QED) is 0.127. The number of hydrogen-bond acceptors (Lipinski definition) is 11. The van der Waals surface area contributed by atoms with Gasteiger partial charge in [-0.05, 0) is 108 Å². The van der Waals surface area contributed by atoms with Gasteiger partial charge in [-0.2, -0.15) is 0 Å². The predicted octanol–water partition coefficient (Wildman–Crippen LogP) is 4.80. The third-order valence-electron chi connectivity index (χ3n) is 12.3. The summed E-state index contributed by atoms with van der Waals surface area (Å²) in [6.45, 7) is 16.8. The van der Waals surface area contributed by atoms with E-state index in [1.165, 1.54) is 0 Å². The number of carbonyl (C=O) groups excluding carboxylic acids is 7. The molecule has 2 aromatic carbocycles. The van der Waals surface area contributed by atoms with E-state index >= 15 is 0 Å². The molecular formula is C46H62Cl2N8O10. The predicted molar refractivity (Wildman–Crippen MR) is 248 cm³/mol. The molecule has 2 unspecified atom stereocenters. The molecule has 5 N–H and O–H groups in total. The summed E-state index contributed by atoms with van der Waals surface area (Å²) in [6, 6.07) is 10.7. The van der Waals surface area contributed by atoms with Crippen LogP contribution >= 0.6 is 23.2 Å². The zero-order valence-corrected chi connectivity index (χ0v) is 40.2. The minimum atomic E-state index is -1.59. The van der Waals surface area contributed by atoms with Crippen LogP contribution in [-0.2, 0) is 46.3 Å². The third-order valence-corrected chi connectivity index (χ3v) is 13.1. The summed E-state index contributed by atoms with van der Waals surface area (Å²) in [5, 5.41) is 19.8. The molecule has 0 radical (unpaired) electrons. The number of imide groups is 2. The molecule has 4 aliphatic rings. The monoisotopic (exact) mass is 956 g/mol. The second-order valence-electron chi connectivity index (χ2n) is 18.3. The van der Waals surface area contributed by atoms with Crippen molar-refractivity contribution in [3.63, 3.8) is 0 Å². The second kappa shape index (κ2) is 21.3. The Labute approximate surface area is 395 Å². The molecule has 0 spiro atoms. The van der Waals surface area contributed by atoms with Crippen molar-refractivity contribution < 1.29 is 48.2 Å². The van der Waals surface area contributed by atoms with Gasteiger partial charge in [0.1, 0.15) is 16.7 Å². The number of halogens is 2. The number of piperazine rings is 2. The van der Waals surface area contributed by atoms with Crippen LogP contribution in [0.25, 0.3) is 0 Å². The van der Waals surface area contributed by atoms with Gasteiger partial charge < -0.3 is 40.1 Å². The summed E-state index contributed by atoms with van der Waals surface area (Å²) in [5.74, 6) is -3.45. The Kier molecular flexibility index (Phi) is 16.6. The van der Waals surface area contributed by atoms with E-state index in [1.54, 1.807) is 30.6 Å². The number of benzene rings is 2. The van der Waals surface area contributed by atoms with E-state index in [-0.39, 0.29) is 56.0 Å². The van der Waals surface area contributed by atoms with E-state index in [1.807, 2.05) is 31.2 Å². The molecule has 0 aliphatic carbocycles. The zero-order valence-electron chi connectivity index (χ0n) is 38.7. The van der Waals surface area contributed by atoms with Gasteiger partial charge in [-0.1, -0.05) is 37.0 Å². The van der Waals surface area contributed by atoms with Crippen LogP contribution in [0.5, 0.6) is 0 Å². The topological polar surface area (TPSA) is 227 Å². The first-order chi connectivity index (χ1) is 31.0. The molecule has 0 aromatic heterocycles. The number of aryl methyl sites for hydroxylation is 2. The van der Waals surface area contributed by atoms with Crippen LogP contribution in [0.3, 0.4) is 0 Å². The largest absolute Gasteiger partial charge is 0.481 e. The molecule has 0 bridgehead atoms. The van der Waals surface area contributed by atoms with Gasteiger partial charge >= 0.3 is 24.0 Å². The summed E-state index contributed by atoms with van der Waals surface area (Å²) in [5.41, 5.74) is 0.478. The van der Waals surface area contributed by atoms with Gasteiger partial charge in [0.2, 0.25) is 11.8 Å². The molecule has 4 fully saturated rings. The maximum atomic E-state index is 13.1. The molecule has 6 rings (SSSR count). The van der Waals surface area contributed by atoms with Crippen molar-refractivity contribution in [3.8, 4) is 0 Å². The molecule has 2 aromatic rings. The Hall–Kier alpha value is -5.62. The Balaban J connectivity index is 0.000000249. The van der Waals surface area contributed by atoms with Crippen LogP contribution < -0.4 is 31.1 Å². The molecule has 4 saturated heterocycles. The van der Waals surface area contributed by atoms with Crippen LogP contribution in [0, 0.1) is 0 Å². The van der Waals surface area contributed by atoms with E-state index in [0.717, 1.165) is 45.4 Å². The van der Waals surface area contributed by atoms with Gasteiger partial charge in [0, 0.05) is 85.6 Å². The fourth-order valence-corrected chi connectivity index (χ4v) is 9.33. The Morgan fingerprint density at radius 1 is 0.697 bits per heavy atom. The molecule has 8 amide bonds. The Bertz CT molecular complexity index is 2220. The van der Waals surface area contributed by atoms with E-state index in [0.29, 0.717) is 39.3 Å². The molecule has 4 aliphatic heterocycles. The number of amides is 8. The fourth-order valence-electron chi connectivity index (χ4n) is 8.83. The number of rotatable bonds is 14. The lowest BCUT2D eigenvalue weighted by atomic mass is 9.89. The number of ether oxygens (including phenoxy) is 1. The molecule has 66 heavy (non-hydrogen) atoms. The number of nitrogens with one attached hydrogen (secondary N) is 4. The zero-order chi connectivity index (χ0) is 48.7. The summed E-state index contributed by atoms with van der Waals surface area (Å²) < 4.78 is 5.34. The standard InChI is InChI=1S/C25H35ClN4O5.C21H27ClN4O5/c1-6-17-13-18(7-8-19(17)26)30-12-11-29(15-16(30)2)20(31)9-10-25(22(33)27-23(34)28-25)14-21(32)35-24(3,4)5;1-3-14-10-15(4-5-16(14)22)26-9-8-25(12-13(26)2)17(27)6-7-21(11-18(28)29)19(30)23-20(31)24-21/h7-8,13,16H,6,9-12,14-15H2,1-5H3,(H2,27,28,33,34);4-5,10,13H,3,6-9,11-12H2,1-2H3,(H,28,29)(H2,23,24,30,31)/t16-,25?;13-,21?/m00/s1. The maximum Gasteiger partial charge on any atom is 0.322 e. The number of carboxylic acid groups (broad SMARTS) is 1. The van der Waals surface area contributed by atoms with E-state index < -0.39 is 58.9 Å². The van der Waals surface area contributed by atoms with Crippen LogP contribution in [0.15, 0.2) is 36.4 Å². The highest BCUT2D eigenvalue weighted by molar-refractivity contribution is 6.31. The molecule has 18 nitrogen and oxygen atoms in total. The Morgan fingerprint density at radius 3 is 1.44 bits per heavy atom. The van der Waals surface area contributed by atoms with Gasteiger partial charge in [-0.15, -0.1) is 0 Å². The lowest BCUT2D eigenvalue weighted by Gasteiger charge is -2.41. The maximum absolute atomic E-state index is 13.1. The summed E-state index contributed by atoms with van der Waals surface area (Å²) >= 11 is 12.5. The molecular weight excluding hydrogens is 895 g/mol. The van der Waals surface area contributed by atoms with Crippen molar-refractivity contribution in [2.24, 2.45) is 0 Å². The lowest BCUT2D eigenvalue weighted by Crippen LogP contribution is -2.54. The van der Waals surface area contributed by atoms with Crippen LogP contribution in [0.1, 0.15) is 98.1 Å². The first-order valence-corrected chi connectivity index (χ1v) is 23.1. The van der Waals surface area contributed by atoms with Gasteiger partial charge in [0.15, 0.2) is 0 Å². The number of carboxylic acids is 1. The minimum Gasteiger partial charge on any atom is -0.481 e. The molecule has 4 atom stereocenters. The number of anilines is 2. The fraction of sp³-hybridized carbons (Fsp3) is 0.565. The van der Waals surface area contributed by atoms with Gasteiger partial charge in [-0.25, -0.2) is 9.59 Å². The van der Waals surface area contributed by atoms with E-state index in [2.05, 4.69) is 64.0 Å². The summed E-state index contributed by atoms with van der Waals surface area (Å²) in [6.07, 6.45) is 0.693. The first kappa shape index (κ1) is 51.4. The lowest BCUT2D eigenvalue weighted by molar-refractivity contribution is -0.158. The van der Waals surface area contributed by atoms with Crippen molar-refractivity contribution in [2.75, 3.05) is 49.1 Å². The molecule has 0 saturated carbocycles. The molecule has 360 valence electrons. The number of aliphatic carboxylic acids is 1. The average Bonchev–Trinajstić information content (AvgIpc) is 3.68. The smallest absolute Gasteiger partial charge is 0.322 e. The number of hydrogen-bond donors (Lipinski definition) is 5. The van der Waals surface area contributed by atoms with E-state index in [4.69, 9.17) is 33.0 Å². The summed E-state index contributed by atoms with van der Waals surface area (Å²) in [7, 11) is 0. The van der Waals surface area contributed by atoms with Crippen LogP contribution in [-0.4, -0.2) is 131 Å². The molecule has 4 heterocycles. The van der Waals surface area contributed by atoms with Gasteiger partial charge in [0.05, 0.1) is 12.8 Å². The highest BCUT2D eigenvalue weighted by atomic mass is 35.5. The normalized spacial score (nSPS) is 23.0. The number of carbonyl (C=O) groups is 8. The van der Waals surface area contributed by atoms with Gasteiger partial charge in [0.25, 0.3) is 11.8 Å². The summed E-state index contributed by atoms with van der Waals surface area (Å²) in [4.78, 5) is 106. The van der Waals surface area contributed by atoms with Crippen LogP contribution in [0.4, 0.5) is 21.0 Å². The number of nitrogens with zero attached hydrogens (tertiary/aromatic N) is 4. The van der Waals surface area contributed by atoms with Crippen molar-refractivity contribution in [1.29, 1.82) is 0 Å². The number of urea groups is 2. The Morgan fingerprint density at radius 2 is 1.11 bits per heavy atom. The second-order valence-corrected chi connectivity index (χ2v) is 19.2. The van der Waals surface area contributed by atoms with Crippen LogP contribution in [0.2, 0.25) is 10.0 Å². The minimum absolute atomic E-state index is 0.00822. The van der Waals surface area contributed by atoms with Crippen molar-refractivity contribution >= 4 is 82.2 Å².